The summed E-state index contributed by atoms with van der Waals surface area (Å²) in [4.78, 5) is 4.48. The predicted octanol–water partition coefficient (Wildman–Crippen LogP) is 2.74. The van der Waals surface area contributed by atoms with Gasteiger partial charge in [-0.25, -0.2) is 4.98 Å². The first-order chi connectivity index (χ1) is 5.95. The summed E-state index contributed by atoms with van der Waals surface area (Å²) < 4.78 is 1.09. The van der Waals surface area contributed by atoms with Crippen LogP contribution in [0.15, 0.2) is 3.79 Å². The molecule has 2 nitrogen and oxygen atoms in total. The first-order valence-corrected chi connectivity index (χ1v) is 5.82. The Kier molecular flexibility index (Phi) is 3.49. The third-order valence-electron chi connectivity index (χ3n) is 1.67. The number of halogens is 1. The molecule has 4 heteroatoms. The average Bonchev–Trinajstić information content (AvgIpc) is 2.30. The first kappa shape index (κ1) is 11.1. The fourth-order valence-corrected chi connectivity index (χ4v) is 3.24. The molecule has 0 atom stereocenters. The molecule has 0 radical (unpaired) electrons. The fraction of sp³-hybridized carbons (Fsp3) is 0.667. The Morgan fingerprint density at radius 2 is 2.08 bits per heavy atom. The summed E-state index contributed by atoms with van der Waals surface area (Å²) in [5.41, 5.74) is 1.16. The fourth-order valence-electron chi connectivity index (χ4n) is 1.01. The topological polar surface area (TPSA) is 33.1 Å². The zero-order valence-electron chi connectivity index (χ0n) is 8.09. The van der Waals surface area contributed by atoms with Crippen LogP contribution < -0.4 is 0 Å². The summed E-state index contributed by atoms with van der Waals surface area (Å²) in [6.45, 7) is 6.57. The van der Waals surface area contributed by atoms with E-state index in [0.717, 1.165) is 14.5 Å². The zero-order chi connectivity index (χ0) is 10.1. The maximum atomic E-state index is 8.77. The second-order valence-electron chi connectivity index (χ2n) is 3.95. The van der Waals surface area contributed by atoms with Crippen molar-refractivity contribution in [1.29, 1.82) is 0 Å². The van der Waals surface area contributed by atoms with Crippen molar-refractivity contribution in [2.24, 2.45) is 0 Å². The molecule has 1 heterocycles. The van der Waals surface area contributed by atoms with Gasteiger partial charge in [0.15, 0.2) is 0 Å². The van der Waals surface area contributed by atoms with Crippen LogP contribution in [0.25, 0.3) is 0 Å². The van der Waals surface area contributed by atoms with Gasteiger partial charge in [0.25, 0.3) is 0 Å². The average molecular weight is 264 g/mol. The number of thiazole rings is 1. The summed E-state index contributed by atoms with van der Waals surface area (Å²) in [5.74, 6) is 0. The van der Waals surface area contributed by atoms with Crippen molar-refractivity contribution in [2.45, 2.75) is 32.6 Å². The Morgan fingerprint density at radius 1 is 1.46 bits per heavy atom. The second kappa shape index (κ2) is 4.07. The first-order valence-electron chi connectivity index (χ1n) is 4.21. The number of aromatic nitrogens is 1. The van der Waals surface area contributed by atoms with Gasteiger partial charge in [0, 0.05) is 18.4 Å². The van der Waals surface area contributed by atoms with Crippen LogP contribution in [-0.4, -0.2) is 16.7 Å². The third-order valence-corrected chi connectivity index (χ3v) is 3.43. The molecule has 0 fully saturated rings. The number of hydrogen-bond acceptors (Lipinski definition) is 3. The van der Waals surface area contributed by atoms with E-state index in [0.29, 0.717) is 6.42 Å². The maximum absolute atomic E-state index is 8.77. The molecule has 13 heavy (non-hydrogen) atoms. The van der Waals surface area contributed by atoms with Gasteiger partial charge >= 0.3 is 0 Å². The van der Waals surface area contributed by atoms with E-state index in [1.54, 1.807) is 11.3 Å². The van der Waals surface area contributed by atoms with E-state index in [9.17, 15) is 0 Å². The predicted molar refractivity (Wildman–Crippen MR) is 59.3 cm³/mol. The summed E-state index contributed by atoms with van der Waals surface area (Å²) in [5, 5.41) is 9.77. The van der Waals surface area contributed by atoms with Crippen LogP contribution >= 0.6 is 27.3 Å². The van der Waals surface area contributed by atoms with E-state index in [1.165, 1.54) is 0 Å². The highest BCUT2D eigenvalue weighted by molar-refractivity contribution is 9.11. The molecule has 74 valence electrons. The summed E-state index contributed by atoms with van der Waals surface area (Å²) in [6, 6.07) is 0. The van der Waals surface area contributed by atoms with Crippen molar-refractivity contribution in [3.05, 3.63) is 14.5 Å². The van der Waals surface area contributed by atoms with Crippen molar-refractivity contribution in [2.75, 3.05) is 6.61 Å². The molecule has 0 saturated heterocycles. The van der Waals surface area contributed by atoms with Gasteiger partial charge in [0.2, 0.25) is 0 Å². The van der Waals surface area contributed by atoms with Crippen molar-refractivity contribution < 1.29 is 5.11 Å². The van der Waals surface area contributed by atoms with E-state index in [4.69, 9.17) is 5.11 Å². The number of aliphatic hydroxyl groups is 1. The molecule has 0 unspecified atom stereocenters. The quantitative estimate of drug-likeness (QED) is 0.891. The van der Waals surface area contributed by atoms with Crippen molar-refractivity contribution in [3.8, 4) is 0 Å². The highest BCUT2D eigenvalue weighted by Gasteiger charge is 2.21. The van der Waals surface area contributed by atoms with Gasteiger partial charge in [-0.2, -0.15) is 0 Å². The minimum Gasteiger partial charge on any atom is -0.396 e. The molecular weight excluding hydrogens is 250 g/mol. The number of aliphatic hydroxyl groups excluding tert-OH is 1. The summed E-state index contributed by atoms with van der Waals surface area (Å²) in [6.07, 6.45) is 0.652. The lowest BCUT2D eigenvalue weighted by Crippen LogP contribution is -2.12. The van der Waals surface area contributed by atoms with Crippen LogP contribution in [-0.2, 0) is 11.8 Å². The zero-order valence-corrected chi connectivity index (χ0v) is 10.5. The van der Waals surface area contributed by atoms with Crippen LogP contribution in [0.4, 0.5) is 0 Å². The van der Waals surface area contributed by atoms with Crippen molar-refractivity contribution in [1.82, 2.24) is 4.98 Å². The minimum absolute atomic E-state index is 0.0725. The largest absolute Gasteiger partial charge is 0.396 e. The molecule has 0 aromatic carbocycles. The van der Waals surface area contributed by atoms with Gasteiger partial charge < -0.3 is 5.11 Å². The second-order valence-corrected chi connectivity index (χ2v) is 6.36. The molecule has 0 aliphatic heterocycles. The van der Waals surface area contributed by atoms with Crippen LogP contribution in [0.5, 0.6) is 0 Å². The molecule has 0 aliphatic carbocycles. The molecule has 1 rings (SSSR count). The Balaban J connectivity index is 2.96. The lowest BCUT2D eigenvalue weighted by molar-refractivity contribution is 0.299. The van der Waals surface area contributed by atoms with E-state index in [1.807, 2.05) is 0 Å². The van der Waals surface area contributed by atoms with Crippen molar-refractivity contribution >= 4 is 27.3 Å². The Hall–Kier alpha value is 0.0700. The maximum Gasteiger partial charge on any atom is 0.0963 e. The Bertz CT molecular complexity index is 290. The van der Waals surface area contributed by atoms with Crippen LogP contribution in [0.1, 0.15) is 31.5 Å². The van der Waals surface area contributed by atoms with Gasteiger partial charge in [-0.1, -0.05) is 20.8 Å². The minimum atomic E-state index is 0.0725. The molecule has 0 saturated carbocycles. The van der Waals surface area contributed by atoms with Crippen molar-refractivity contribution in [3.63, 3.8) is 0 Å². The van der Waals surface area contributed by atoms with Gasteiger partial charge in [0.1, 0.15) is 0 Å². The normalized spacial score (nSPS) is 12.1. The molecule has 1 aromatic rings. The number of rotatable bonds is 2. The number of hydrogen-bond donors (Lipinski definition) is 1. The lowest BCUT2D eigenvalue weighted by Gasteiger charge is -2.15. The molecule has 0 aliphatic rings. The highest BCUT2D eigenvalue weighted by atomic mass is 79.9. The lowest BCUT2D eigenvalue weighted by atomic mass is 9.93. The summed E-state index contributed by atoms with van der Waals surface area (Å²) >= 11 is 5.11. The smallest absolute Gasteiger partial charge is 0.0963 e. The van der Waals surface area contributed by atoms with E-state index < -0.39 is 0 Å². The van der Waals surface area contributed by atoms with Gasteiger partial charge in [-0.15, -0.1) is 11.3 Å². The molecule has 0 bridgehead atoms. The number of nitrogens with zero attached hydrogens (tertiary/aromatic N) is 1. The van der Waals surface area contributed by atoms with Crippen LogP contribution in [0.3, 0.4) is 0 Å². The van der Waals surface area contributed by atoms with Gasteiger partial charge in [-0.3, -0.25) is 0 Å². The third kappa shape index (κ3) is 2.76. The van der Waals surface area contributed by atoms with Gasteiger partial charge in [-0.05, 0) is 15.9 Å². The highest BCUT2D eigenvalue weighted by Crippen LogP contribution is 2.33. The van der Waals surface area contributed by atoms with E-state index in [2.05, 4.69) is 41.7 Å². The molecule has 1 aromatic heterocycles. The molecule has 0 amide bonds. The van der Waals surface area contributed by atoms with E-state index in [-0.39, 0.29) is 12.0 Å². The molecule has 1 N–H and O–H groups in total. The van der Waals surface area contributed by atoms with E-state index >= 15 is 0 Å². The van der Waals surface area contributed by atoms with Crippen LogP contribution in [0, 0.1) is 0 Å². The standard InChI is InChI=1S/C9H14BrNOS/c1-9(2,3)7-8(10)13-6(11-7)4-5-12/h12H,4-5H2,1-3H3. The summed E-state index contributed by atoms with van der Waals surface area (Å²) in [7, 11) is 0. The Labute approximate surface area is 91.1 Å². The van der Waals surface area contributed by atoms with Crippen LogP contribution in [0.2, 0.25) is 0 Å². The Morgan fingerprint density at radius 3 is 2.46 bits per heavy atom. The monoisotopic (exact) mass is 263 g/mol. The van der Waals surface area contributed by atoms with Gasteiger partial charge in [0.05, 0.1) is 14.5 Å². The molecular formula is C9H14BrNOS. The SMILES string of the molecule is CC(C)(C)c1nc(CCO)sc1Br. The molecule has 0 spiro atoms.